The largest absolute Gasteiger partial charge is 0.0654 e. The molecule has 73 valence electrons. The van der Waals surface area contributed by atoms with E-state index in [4.69, 9.17) is 0 Å². The minimum atomic E-state index is 0.491. The van der Waals surface area contributed by atoms with Crippen LogP contribution in [0.2, 0.25) is 0 Å². The van der Waals surface area contributed by atoms with Gasteiger partial charge in [0.2, 0.25) is 0 Å². The van der Waals surface area contributed by atoms with E-state index in [1.807, 2.05) is 0 Å². The molecule has 0 nitrogen and oxygen atoms in total. The summed E-state index contributed by atoms with van der Waals surface area (Å²) in [6.07, 6.45) is 6.45. The van der Waals surface area contributed by atoms with Crippen LogP contribution in [-0.2, 0) is 0 Å². The Morgan fingerprint density at radius 2 is 1.75 bits per heavy atom. The molecule has 0 fully saturated rings. The smallest absolute Gasteiger partial charge is 0.0354 e. The van der Waals surface area contributed by atoms with Gasteiger partial charge in [-0.05, 0) is 17.8 Å². The molecule has 0 saturated carbocycles. The maximum Gasteiger partial charge on any atom is -0.0354 e. The fraction of sp³-hybridized carbons (Fsp3) is 0.917. The van der Waals surface area contributed by atoms with Crippen LogP contribution in [-0.4, -0.2) is 0 Å². The molecular weight excluding hydrogens is 144 g/mol. The topological polar surface area (TPSA) is 0 Å². The fourth-order valence-electron chi connectivity index (χ4n) is 1.75. The first kappa shape index (κ1) is 12.0. The summed E-state index contributed by atoms with van der Waals surface area (Å²) in [6, 6.07) is 0. The Balaban J connectivity index is 3.86. The Kier molecular flexibility index (Phi) is 5.61. The lowest BCUT2D eigenvalue weighted by molar-refractivity contribution is 0.207. The van der Waals surface area contributed by atoms with Crippen molar-refractivity contribution >= 4 is 0 Å². The fourth-order valence-corrected chi connectivity index (χ4v) is 1.75. The minimum absolute atomic E-state index is 0.491. The van der Waals surface area contributed by atoms with Gasteiger partial charge in [0.15, 0.2) is 0 Å². The molecule has 1 unspecified atom stereocenters. The van der Waals surface area contributed by atoms with Crippen LogP contribution in [0.25, 0.3) is 0 Å². The molecule has 0 aromatic carbocycles. The zero-order chi connectivity index (χ0) is 9.61. The molecule has 0 aromatic heterocycles. The van der Waals surface area contributed by atoms with Crippen LogP contribution in [0, 0.1) is 18.3 Å². The molecule has 0 N–H and O–H groups in total. The lowest BCUT2D eigenvalue weighted by Gasteiger charge is -2.30. The van der Waals surface area contributed by atoms with Gasteiger partial charge in [0.25, 0.3) is 0 Å². The Labute approximate surface area is 78.8 Å². The quantitative estimate of drug-likeness (QED) is 0.570. The van der Waals surface area contributed by atoms with Gasteiger partial charge in [-0.1, -0.05) is 60.3 Å². The molecule has 1 atom stereocenters. The summed E-state index contributed by atoms with van der Waals surface area (Å²) in [5.74, 6) is 0.893. The predicted molar refractivity (Wildman–Crippen MR) is 57.1 cm³/mol. The van der Waals surface area contributed by atoms with E-state index < -0.39 is 0 Å². The van der Waals surface area contributed by atoms with Crippen LogP contribution < -0.4 is 0 Å². The lowest BCUT2D eigenvalue weighted by Crippen LogP contribution is -2.20. The second-order valence-electron chi connectivity index (χ2n) is 4.85. The molecule has 0 heterocycles. The van der Waals surface area contributed by atoms with Crippen molar-refractivity contribution in [2.75, 3.05) is 0 Å². The van der Waals surface area contributed by atoms with E-state index in [1.54, 1.807) is 0 Å². The van der Waals surface area contributed by atoms with Crippen molar-refractivity contribution in [2.24, 2.45) is 11.3 Å². The van der Waals surface area contributed by atoms with Crippen molar-refractivity contribution in [3.8, 4) is 0 Å². The third-order valence-electron chi connectivity index (χ3n) is 2.66. The molecule has 0 heteroatoms. The summed E-state index contributed by atoms with van der Waals surface area (Å²) >= 11 is 0. The van der Waals surface area contributed by atoms with E-state index in [0.29, 0.717) is 5.41 Å². The van der Waals surface area contributed by atoms with Crippen LogP contribution in [0.5, 0.6) is 0 Å². The standard InChI is InChI=1S/C12H25/c1-6-8-10-11(9-7-2)12(3,4)5/h11H,1,6-10H2,2-5H3. The Morgan fingerprint density at radius 3 is 2.08 bits per heavy atom. The van der Waals surface area contributed by atoms with Crippen LogP contribution in [0.4, 0.5) is 0 Å². The highest BCUT2D eigenvalue weighted by molar-refractivity contribution is 4.73. The van der Waals surface area contributed by atoms with Crippen molar-refractivity contribution in [3.05, 3.63) is 6.92 Å². The predicted octanol–water partition coefficient (Wildman–Crippen LogP) is 4.45. The molecule has 0 aromatic rings. The highest BCUT2D eigenvalue weighted by Gasteiger charge is 2.22. The van der Waals surface area contributed by atoms with Gasteiger partial charge in [0.05, 0.1) is 0 Å². The van der Waals surface area contributed by atoms with Gasteiger partial charge in [-0.25, -0.2) is 0 Å². The van der Waals surface area contributed by atoms with Crippen molar-refractivity contribution < 1.29 is 0 Å². The van der Waals surface area contributed by atoms with Gasteiger partial charge >= 0.3 is 0 Å². The van der Waals surface area contributed by atoms with E-state index in [9.17, 15) is 0 Å². The molecular formula is C12H25. The molecule has 0 spiro atoms. The highest BCUT2D eigenvalue weighted by atomic mass is 14.3. The summed E-state index contributed by atoms with van der Waals surface area (Å²) in [7, 11) is 0. The first-order chi connectivity index (χ1) is 5.52. The van der Waals surface area contributed by atoms with Crippen LogP contribution >= 0.6 is 0 Å². The van der Waals surface area contributed by atoms with E-state index >= 15 is 0 Å². The molecule has 0 aliphatic carbocycles. The molecule has 0 saturated heterocycles. The third kappa shape index (κ3) is 4.79. The van der Waals surface area contributed by atoms with E-state index in [2.05, 4.69) is 34.6 Å². The second kappa shape index (κ2) is 5.61. The maximum atomic E-state index is 3.90. The third-order valence-corrected chi connectivity index (χ3v) is 2.66. The highest BCUT2D eigenvalue weighted by Crippen LogP contribution is 2.33. The van der Waals surface area contributed by atoms with Gasteiger partial charge < -0.3 is 0 Å². The Bertz CT molecular complexity index is 97.1. The van der Waals surface area contributed by atoms with E-state index in [1.165, 1.54) is 25.7 Å². The first-order valence-corrected chi connectivity index (χ1v) is 5.31. The summed E-state index contributed by atoms with van der Waals surface area (Å²) in [5.41, 5.74) is 0.491. The zero-order valence-corrected chi connectivity index (χ0v) is 9.32. The summed E-state index contributed by atoms with van der Waals surface area (Å²) in [6.45, 7) is 13.3. The van der Waals surface area contributed by atoms with Crippen molar-refractivity contribution in [3.63, 3.8) is 0 Å². The first-order valence-electron chi connectivity index (χ1n) is 5.31. The number of rotatable bonds is 5. The van der Waals surface area contributed by atoms with Gasteiger partial charge in [0.1, 0.15) is 0 Å². The van der Waals surface area contributed by atoms with E-state index in [0.717, 1.165) is 12.3 Å². The molecule has 0 aliphatic heterocycles. The molecule has 0 aliphatic rings. The number of hydrogen-bond acceptors (Lipinski definition) is 0. The zero-order valence-electron chi connectivity index (χ0n) is 9.32. The summed E-state index contributed by atoms with van der Waals surface area (Å²) in [5, 5.41) is 0. The van der Waals surface area contributed by atoms with Gasteiger partial charge in [0, 0.05) is 0 Å². The van der Waals surface area contributed by atoms with Gasteiger partial charge in [-0.2, -0.15) is 0 Å². The minimum Gasteiger partial charge on any atom is -0.0654 e. The summed E-state index contributed by atoms with van der Waals surface area (Å²) in [4.78, 5) is 0. The van der Waals surface area contributed by atoms with Crippen molar-refractivity contribution in [1.82, 2.24) is 0 Å². The van der Waals surface area contributed by atoms with E-state index in [-0.39, 0.29) is 0 Å². The average molecular weight is 169 g/mol. The monoisotopic (exact) mass is 169 g/mol. The van der Waals surface area contributed by atoms with Gasteiger partial charge in [-0.3, -0.25) is 0 Å². The van der Waals surface area contributed by atoms with Crippen LogP contribution in [0.3, 0.4) is 0 Å². The average Bonchev–Trinajstić information content (AvgIpc) is 1.95. The lowest BCUT2D eigenvalue weighted by atomic mass is 9.75. The Morgan fingerprint density at radius 1 is 1.17 bits per heavy atom. The van der Waals surface area contributed by atoms with Crippen molar-refractivity contribution in [2.45, 2.75) is 59.8 Å². The Hall–Kier alpha value is 0. The molecule has 0 rings (SSSR count). The number of unbranched alkanes of at least 4 members (excludes halogenated alkanes) is 1. The summed E-state index contributed by atoms with van der Waals surface area (Å²) < 4.78 is 0. The van der Waals surface area contributed by atoms with Crippen molar-refractivity contribution in [1.29, 1.82) is 0 Å². The molecule has 0 amide bonds. The molecule has 1 radical (unpaired) electrons. The SMILES string of the molecule is [CH2]CCCC(CCC)C(C)(C)C. The molecule has 0 bridgehead atoms. The van der Waals surface area contributed by atoms with Crippen LogP contribution in [0.15, 0.2) is 0 Å². The normalized spacial score (nSPS) is 14.8. The second-order valence-corrected chi connectivity index (χ2v) is 4.85. The van der Waals surface area contributed by atoms with Crippen LogP contribution in [0.1, 0.15) is 59.8 Å². The number of hydrogen-bond donors (Lipinski definition) is 0. The molecule has 12 heavy (non-hydrogen) atoms. The van der Waals surface area contributed by atoms with Gasteiger partial charge in [-0.15, -0.1) is 0 Å². The maximum absolute atomic E-state index is 3.90.